The summed E-state index contributed by atoms with van der Waals surface area (Å²) in [4.78, 5) is 0. The van der Waals surface area contributed by atoms with Crippen molar-refractivity contribution in [1.29, 1.82) is 0 Å². The molecule has 0 fully saturated rings. The molecule has 2 nitrogen and oxygen atoms in total. The largest absolute Gasteiger partial charge is 0.494 e. The molecular formula is C19H25NO. The average Bonchev–Trinajstić information content (AvgIpc) is 2.49. The number of hydrogen-bond acceptors (Lipinski definition) is 2. The molecule has 0 amide bonds. The van der Waals surface area contributed by atoms with E-state index in [-0.39, 0.29) is 0 Å². The minimum absolute atomic E-state index is 0.319. The number of aryl methyl sites for hydroxylation is 2. The quantitative estimate of drug-likeness (QED) is 0.839. The van der Waals surface area contributed by atoms with E-state index in [1.54, 1.807) is 0 Å². The molecule has 0 aliphatic carbocycles. The zero-order valence-corrected chi connectivity index (χ0v) is 13.4. The first kappa shape index (κ1) is 15.6. The van der Waals surface area contributed by atoms with Crippen LogP contribution in [0, 0.1) is 13.8 Å². The first-order chi connectivity index (χ1) is 10.1. The highest BCUT2D eigenvalue weighted by Crippen LogP contribution is 2.22. The van der Waals surface area contributed by atoms with E-state index < -0.39 is 0 Å². The highest BCUT2D eigenvalue weighted by Gasteiger charge is 2.09. The Balaban J connectivity index is 2.07. The Kier molecular flexibility index (Phi) is 5.40. The number of benzene rings is 2. The molecule has 1 atom stereocenters. The Hall–Kier alpha value is -1.80. The third-order valence-corrected chi connectivity index (χ3v) is 3.77. The lowest BCUT2D eigenvalue weighted by Gasteiger charge is -2.18. The fourth-order valence-electron chi connectivity index (χ4n) is 2.55. The van der Waals surface area contributed by atoms with Crippen molar-refractivity contribution >= 4 is 0 Å². The van der Waals surface area contributed by atoms with E-state index in [1.165, 1.54) is 22.3 Å². The van der Waals surface area contributed by atoms with Crippen molar-refractivity contribution in [2.75, 3.05) is 6.61 Å². The van der Waals surface area contributed by atoms with Gasteiger partial charge in [0.15, 0.2) is 0 Å². The summed E-state index contributed by atoms with van der Waals surface area (Å²) >= 11 is 0. The molecule has 2 heteroatoms. The van der Waals surface area contributed by atoms with Crippen LogP contribution in [0.15, 0.2) is 42.5 Å². The van der Waals surface area contributed by atoms with E-state index in [0.717, 1.165) is 12.3 Å². The zero-order chi connectivity index (χ0) is 15.2. The lowest BCUT2D eigenvalue weighted by Crippen LogP contribution is -2.19. The summed E-state index contributed by atoms with van der Waals surface area (Å²) in [5.74, 6) is 0.973. The topological polar surface area (TPSA) is 21.3 Å². The molecule has 0 radical (unpaired) electrons. The summed E-state index contributed by atoms with van der Waals surface area (Å²) < 4.78 is 5.68. The van der Waals surface area contributed by atoms with Crippen LogP contribution in [-0.4, -0.2) is 6.61 Å². The van der Waals surface area contributed by atoms with Gasteiger partial charge in [0.25, 0.3) is 0 Å². The van der Waals surface area contributed by atoms with Gasteiger partial charge in [-0.15, -0.1) is 0 Å². The van der Waals surface area contributed by atoms with Crippen molar-refractivity contribution in [3.63, 3.8) is 0 Å². The third-order valence-electron chi connectivity index (χ3n) is 3.77. The number of nitrogens with one attached hydrogen (secondary N) is 1. The second-order valence-electron chi connectivity index (χ2n) is 5.50. The Labute approximate surface area is 128 Å². The van der Waals surface area contributed by atoms with Gasteiger partial charge in [0.2, 0.25) is 0 Å². The first-order valence-electron chi connectivity index (χ1n) is 7.63. The van der Waals surface area contributed by atoms with Crippen molar-refractivity contribution < 1.29 is 4.74 Å². The van der Waals surface area contributed by atoms with Gasteiger partial charge in [0.1, 0.15) is 5.75 Å². The van der Waals surface area contributed by atoms with E-state index in [4.69, 9.17) is 4.74 Å². The molecule has 0 bridgehead atoms. The summed E-state index contributed by atoms with van der Waals surface area (Å²) in [6, 6.07) is 15.2. The minimum Gasteiger partial charge on any atom is -0.494 e. The monoisotopic (exact) mass is 283 g/mol. The van der Waals surface area contributed by atoms with Gasteiger partial charge in [-0.3, -0.25) is 0 Å². The van der Waals surface area contributed by atoms with Crippen LogP contribution in [0.25, 0.3) is 0 Å². The average molecular weight is 283 g/mol. The SMILES string of the molecule is CCOc1ccccc1CNC(C)c1cc(C)ccc1C. The van der Waals surface area contributed by atoms with Gasteiger partial charge in [-0.05, 0) is 44.9 Å². The fourth-order valence-corrected chi connectivity index (χ4v) is 2.55. The van der Waals surface area contributed by atoms with Crippen molar-refractivity contribution in [2.24, 2.45) is 0 Å². The highest BCUT2D eigenvalue weighted by atomic mass is 16.5. The van der Waals surface area contributed by atoms with Crippen molar-refractivity contribution in [3.05, 3.63) is 64.7 Å². The van der Waals surface area contributed by atoms with Crippen LogP contribution in [-0.2, 0) is 6.54 Å². The van der Waals surface area contributed by atoms with Gasteiger partial charge in [-0.25, -0.2) is 0 Å². The molecule has 0 spiro atoms. The van der Waals surface area contributed by atoms with Crippen LogP contribution >= 0.6 is 0 Å². The summed E-state index contributed by atoms with van der Waals surface area (Å²) in [6.45, 7) is 10.0. The lowest BCUT2D eigenvalue weighted by molar-refractivity contribution is 0.335. The molecule has 1 unspecified atom stereocenters. The Morgan fingerprint density at radius 1 is 1.10 bits per heavy atom. The van der Waals surface area contributed by atoms with Gasteiger partial charge < -0.3 is 10.1 Å². The van der Waals surface area contributed by atoms with Gasteiger partial charge in [0.05, 0.1) is 6.61 Å². The van der Waals surface area contributed by atoms with Crippen LogP contribution < -0.4 is 10.1 Å². The molecule has 112 valence electrons. The molecule has 0 aliphatic rings. The molecular weight excluding hydrogens is 258 g/mol. The Morgan fingerprint density at radius 3 is 2.62 bits per heavy atom. The maximum absolute atomic E-state index is 5.68. The van der Waals surface area contributed by atoms with Crippen molar-refractivity contribution in [1.82, 2.24) is 5.32 Å². The maximum atomic E-state index is 5.68. The van der Waals surface area contributed by atoms with E-state index in [9.17, 15) is 0 Å². The maximum Gasteiger partial charge on any atom is 0.123 e. The van der Waals surface area contributed by atoms with Gasteiger partial charge in [0, 0.05) is 18.2 Å². The number of hydrogen-bond donors (Lipinski definition) is 1. The first-order valence-corrected chi connectivity index (χ1v) is 7.63. The van der Waals surface area contributed by atoms with Crippen molar-refractivity contribution in [2.45, 2.75) is 40.3 Å². The second kappa shape index (κ2) is 7.28. The standard InChI is InChI=1S/C19H25NO/c1-5-21-19-9-7-6-8-17(19)13-20-16(4)18-12-14(2)10-11-15(18)3/h6-12,16,20H,5,13H2,1-4H3. The molecule has 0 saturated carbocycles. The molecule has 21 heavy (non-hydrogen) atoms. The van der Waals surface area contributed by atoms with Crippen LogP contribution in [0.2, 0.25) is 0 Å². The zero-order valence-electron chi connectivity index (χ0n) is 13.4. The summed E-state index contributed by atoms with van der Waals surface area (Å²) in [7, 11) is 0. The van der Waals surface area contributed by atoms with E-state index in [0.29, 0.717) is 12.6 Å². The van der Waals surface area contributed by atoms with Gasteiger partial charge >= 0.3 is 0 Å². The lowest BCUT2D eigenvalue weighted by atomic mass is 10.00. The molecule has 1 N–H and O–H groups in total. The van der Waals surface area contributed by atoms with E-state index in [1.807, 2.05) is 19.1 Å². The molecule has 0 aromatic heterocycles. The predicted molar refractivity (Wildman–Crippen MR) is 88.8 cm³/mol. The molecule has 2 rings (SSSR count). The van der Waals surface area contributed by atoms with Crippen LogP contribution in [0.4, 0.5) is 0 Å². The Morgan fingerprint density at radius 2 is 1.86 bits per heavy atom. The predicted octanol–water partition coefficient (Wildman–Crippen LogP) is 4.55. The van der Waals surface area contributed by atoms with Crippen LogP contribution in [0.3, 0.4) is 0 Å². The normalized spacial score (nSPS) is 12.2. The van der Waals surface area contributed by atoms with Gasteiger partial charge in [-0.1, -0.05) is 42.0 Å². The number of ether oxygens (including phenoxy) is 1. The molecule has 0 heterocycles. The molecule has 0 aliphatic heterocycles. The highest BCUT2D eigenvalue weighted by molar-refractivity contribution is 5.35. The smallest absolute Gasteiger partial charge is 0.123 e. The second-order valence-corrected chi connectivity index (χ2v) is 5.50. The van der Waals surface area contributed by atoms with Crippen LogP contribution in [0.1, 0.15) is 42.1 Å². The molecule has 0 saturated heterocycles. The Bertz CT molecular complexity index is 592. The van der Waals surface area contributed by atoms with E-state index in [2.05, 4.69) is 56.4 Å². The molecule has 2 aromatic rings. The fraction of sp³-hybridized carbons (Fsp3) is 0.368. The summed E-state index contributed by atoms with van der Waals surface area (Å²) in [5, 5.41) is 3.60. The number of para-hydroxylation sites is 1. The van der Waals surface area contributed by atoms with Crippen molar-refractivity contribution in [3.8, 4) is 5.75 Å². The minimum atomic E-state index is 0.319. The van der Waals surface area contributed by atoms with E-state index >= 15 is 0 Å². The third kappa shape index (κ3) is 4.08. The molecule has 2 aromatic carbocycles. The summed E-state index contributed by atoms with van der Waals surface area (Å²) in [5.41, 5.74) is 5.21. The van der Waals surface area contributed by atoms with Crippen LogP contribution in [0.5, 0.6) is 5.75 Å². The van der Waals surface area contributed by atoms with Gasteiger partial charge in [-0.2, -0.15) is 0 Å². The number of rotatable bonds is 6. The summed E-state index contributed by atoms with van der Waals surface area (Å²) in [6.07, 6.45) is 0.